The van der Waals surface area contributed by atoms with Crippen LogP contribution in [0, 0.1) is 26.7 Å². The number of aromatic nitrogens is 1. The molecule has 5 nitrogen and oxygen atoms in total. The largest absolute Gasteiger partial charge is 0.377 e. The molecule has 174 valence electrons. The molecule has 1 aromatic heterocycles. The maximum absolute atomic E-state index is 12.8. The molecule has 1 aliphatic rings. The molecule has 1 fully saturated rings. The van der Waals surface area contributed by atoms with Crippen molar-refractivity contribution in [1.29, 1.82) is 0 Å². The number of anilines is 2. The van der Waals surface area contributed by atoms with Crippen LogP contribution in [-0.2, 0) is 0 Å². The van der Waals surface area contributed by atoms with Crippen LogP contribution in [0.4, 0.5) is 11.5 Å². The van der Waals surface area contributed by atoms with Gasteiger partial charge in [-0.2, -0.15) is 0 Å². The molecule has 1 saturated carbocycles. The molecule has 3 aromatic rings. The molecule has 5 heteroatoms. The molecule has 0 saturated heterocycles. The van der Waals surface area contributed by atoms with E-state index in [9.17, 15) is 4.79 Å². The van der Waals surface area contributed by atoms with Gasteiger partial charge in [0.2, 0.25) is 0 Å². The fourth-order valence-corrected chi connectivity index (χ4v) is 5.18. The Balaban J connectivity index is 1.33. The first-order valence-electron chi connectivity index (χ1n) is 12.0. The van der Waals surface area contributed by atoms with Crippen molar-refractivity contribution in [2.24, 2.45) is 5.92 Å². The predicted molar refractivity (Wildman–Crippen MR) is 138 cm³/mol. The first kappa shape index (κ1) is 23.1. The molecule has 0 spiro atoms. The van der Waals surface area contributed by atoms with Gasteiger partial charge in [-0.25, -0.2) is 4.98 Å². The van der Waals surface area contributed by atoms with Crippen LogP contribution >= 0.6 is 0 Å². The lowest BCUT2D eigenvalue weighted by molar-refractivity contribution is 0.0942. The third kappa shape index (κ3) is 5.29. The van der Waals surface area contributed by atoms with Crippen molar-refractivity contribution >= 4 is 28.3 Å². The highest BCUT2D eigenvalue weighted by atomic mass is 16.1. The zero-order valence-electron chi connectivity index (χ0n) is 20.5. The van der Waals surface area contributed by atoms with Gasteiger partial charge in [-0.15, -0.1) is 0 Å². The summed E-state index contributed by atoms with van der Waals surface area (Å²) < 4.78 is 0. The highest BCUT2D eigenvalue weighted by Crippen LogP contribution is 2.30. The average Bonchev–Trinajstić information content (AvgIpc) is 2.77. The minimum Gasteiger partial charge on any atom is -0.377 e. The number of pyridine rings is 1. The molecule has 0 radical (unpaired) electrons. The van der Waals surface area contributed by atoms with Gasteiger partial charge >= 0.3 is 0 Å². The van der Waals surface area contributed by atoms with Gasteiger partial charge in [0.05, 0.1) is 5.52 Å². The van der Waals surface area contributed by atoms with Crippen molar-refractivity contribution in [3.8, 4) is 0 Å². The summed E-state index contributed by atoms with van der Waals surface area (Å²) in [5.74, 6) is 1.53. The standard InChI is InChI=1S/C28H36N4O/c1-18-14-19(2)27(20(3)15-18)28(33)29-17-21-10-12-22(13-11-21)30-26-16-25(32(4)5)23-8-6-7-9-24(23)31-26/h6-9,14-16,21-22H,10-13,17H2,1-5H3,(H,29,33)(H,30,31). The first-order chi connectivity index (χ1) is 15.8. The number of carbonyl (C=O) groups excluding carboxylic acids is 1. The molecule has 0 atom stereocenters. The second-order valence-electron chi connectivity index (χ2n) is 9.78. The van der Waals surface area contributed by atoms with Crippen LogP contribution in [0.25, 0.3) is 10.9 Å². The van der Waals surface area contributed by atoms with Crippen LogP contribution in [0.2, 0.25) is 0 Å². The van der Waals surface area contributed by atoms with Crippen LogP contribution in [0.5, 0.6) is 0 Å². The highest BCUT2D eigenvalue weighted by molar-refractivity contribution is 5.97. The predicted octanol–water partition coefficient (Wildman–Crippen LogP) is 5.63. The minimum atomic E-state index is 0.0572. The van der Waals surface area contributed by atoms with Gasteiger partial charge in [0.25, 0.3) is 5.91 Å². The number of hydrogen-bond donors (Lipinski definition) is 2. The van der Waals surface area contributed by atoms with Crippen molar-refractivity contribution in [2.75, 3.05) is 30.9 Å². The van der Waals surface area contributed by atoms with Crippen molar-refractivity contribution in [3.05, 3.63) is 64.7 Å². The van der Waals surface area contributed by atoms with E-state index in [0.717, 1.165) is 60.3 Å². The van der Waals surface area contributed by atoms with E-state index in [2.05, 4.69) is 73.0 Å². The van der Waals surface area contributed by atoms with Crippen LogP contribution < -0.4 is 15.5 Å². The van der Waals surface area contributed by atoms with E-state index in [1.54, 1.807) is 0 Å². The lowest BCUT2D eigenvalue weighted by atomic mass is 9.86. The van der Waals surface area contributed by atoms with Crippen LogP contribution in [-0.4, -0.2) is 37.6 Å². The zero-order chi connectivity index (χ0) is 23.5. The molecule has 4 rings (SSSR count). The van der Waals surface area contributed by atoms with Gasteiger partial charge in [-0.05, 0) is 69.6 Å². The Labute approximate surface area is 197 Å². The van der Waals surface area contributed by atoms with Gasteiger partial charge in [-0.1, -0.05) is 35.9 Å². The fourth-order valence-electron chi connectivity index (χ4n) is 5.18. The number of nitrogens with zero attached hydrogens (tertiary/aromatic N) is 2. The Kier molecular flexibility index (Phi) is 6.87. The number of benzene rings is 2. The SMILES string of the molecule is Cc1cc(C)c(C(=O)NCC2CCC(Nc3cc(N(C)C)c4ccccc4n3)CC2)c(C)c1. The minimum absolute atomic E-state index is 0.0572. The van der Waals surface area contributed by atoms with Gasteiger partial charge in [-0.3, -0.25) is 4.79 Å². The highest BCUT2D eigenvalue weighted by Gasteiger charge is 2.23. The van der Waals surface area contributed by atoms with Gasteiger partial charge in [0, 0.05) is 49.4 Å². The summed E-state index contributed by atoms with van der Waals surface area (Å²) in [4.78, 5) is 19.8. The van der Waals surface area contributed by atoms with Crippen molar-refractivity contribution in [2.45, 2.75) is 52.5 Å². The number of fused-ring (bicyclic) bond motifs is 1. The molecule has 0 unspecified atom stereocenters. The van der Waals surface area contributed by atoms with E-state index >= 15 is 0 Å². The number of amides is 1. The third-order valence-electron chi connectivity index (χ3n) is 6.83. The van der Waals surface area contributed by atoms with Crippen LogP contribution in [0.15, 0.2) is 42.5 Å². The third-order valence-corrected chi connectivity index (χ3v) is 6.83. The normalized spacial score (nSPS) is 18.2. The summed E-state index contributed by atoms with van der Waals surface area (Å²) in [5, 5.41) is 8.04. The summed E-state index contributed by atoms with van der Waals surface area (Å²) >= 11 is 0. The average molecular weight is 445 g/mol. The van der Waals surface area contributed by atoms with Gasteiger partial charge in [0.1, 0.15) is 5.82 Å². The summed E-state index contributed by atoms with van der Waals surface area (Å²) in [7, 11) is 4.15. The molecule has 0 aliphatic heterocycles. The topological polar surface area (TPSA) is 57.3 Å². The molecule has 0 bridgehead atoms. The van der Waals surface area contributed by atoms with E-state index in [1.165, 1.54) is 16.6 Å². The number of nitrogens with one attached hydrogen (secondary N) is 2. The second kappa shape index (κ2) is 9.82. The monoisotopic (exact) mass is 444 g/mol. The van der Waals surface area contributed by atoms with E-state index < -0.39 is 0 Å². The lowest BCUT2D eigenvalue weighted by Crippen LogP contribution is -2.34. The van der Waals surface area contributed by atoms with Crippen molar-refractivity contribution in [3.63, 3.8) is 0 Å². The fraction of sp³-hybridized carbons (Fsp3) is 0.429. The molecular formula is C28H36N4O. The Morgan fingerprint density at radius 2 is 1.67 bits per heavy atom. The Morgan fingerprint density at radius 1 is 1.00 bits per heavy atom. The van der Waals surface area contributed by atoms with Crippen molar-refractivity contribution < 1.29 is 4.79 Å². The second-order valence-corrected chi connectivity index (χ2v) is 9.78. The Bertz CT molecular complexity index is 1120. The summed E-state index contributed by atoms with van der Waals surface area (Å²) in [6.45, 7) is 6.86. The molecular weight excluding hydrogens is 408 g/mol. The molecule has 1 heterocycles. The quantitative estimate of drug-likeness (QED) is 0.518. The number of aryl methyl sites for hydroxylation is 3. The van der Waals surface area contributed by atoms with E-state index in [1.807, 2.05) is 19.9 Å². The first-order valence-corrected chi connectivity index (χ1v) is 12.0. The van der Waals surface area contributed by atoms with E-state index in [4.69, 9.17) is 4.98 Å². The maximum Gasteiger partial charge on any atom is 0.251 e. The van der Waals surface area contributed by atoms with E-state index in [0.29, 0.717) is 12.0 Å². The molecule has 2 aromatic carbocycles. The zero-order valence-corrected chi connectivity index (χ0v) is 20.5. The van der Waals surface area contributed by atoms with Gasteiger partial charge < -0.3 is 15.5 Å². The van der Waals surface area contributed by atoms with E-state index in [-0.39, 0.29) is 5.91 Å². The summed E-state index contributed by atoms with van der Waals surface area (Å²) in [6, 6.07) is 15.0. The smallest absolute Gasteiger partial charge is 0.251 e. The molecule has 33 heavy (non-hydrogen) atoms. The Hall–Kier alpha value is -3.08. The number of hydrogen-bond acceptors (Lipinski definition) is 4. The molecule has 1 amide bonds. The summed E-state index contributed by atoms with van der Waals surface area (Å²) in [5.41, 5.74) is 6.34. The van der Waals surface area contributed by atoms with Crippen LogP contribution in [0.1, 0.15) is 52.7 Å². The lowest BCUT2D eigenvalue weighted by Gasteiger charge is -2.30. The molecule has 1 aliphatic carbocycles. The van der Waals surface area contributed by atoms with Crippen molar-refractivity contribution in [1.82, 2.24) is 10.3 Å². The summed E-state index contributed by atoms with van der Waals surface area (Å²) in [6.07, 6.45) is 4.40. The number of rotatable bonds is 6. The Morgan fingerprint density at radius 3 is 2.33 bits per heavy atom. The maximum atomic E-state index is 12.8. The molecule has 2 N–H and O–H groups in total. The van der Waals surface area contributed by atoms with Crippen LogP contribution in [0.3, 0.4) is 0 Å². The van der Waals surface area contributed by atoms with Gasteiger partial charge in [0.15, 0.2) is 0 Å². The number of para-hydroxylation sites is 1. The number of carbonyl (C=O) groups is 1.